The van der Waals surface area contributed by atoms with Gasteiger partial charge < -0.3 is 9.64 Å². The summed E-state index contributed by atoms with van der Waals surface area (Å²) in [6.45, 7) is 6.77. The Morgan fingerprint density at radius 2 is 1.88 bits per heavy atom. The molecular weight excluding hydrogens is 326 g/mol. The van der Waals surface area contributed by atoms with E-state index in [-0.39, 0.29) is 5.91 Å². The number of piperazine rings is 1. The molecule has 5 heteroatoms. The zero-order valence-electron chi connectivity index (χ0n) is 15.2. The molecule has 2 heterocycles. The third-order valence-corrected chi connectivity index (χ3v) is 4.54. The van der Waals surface area contributed by atoms with Crippen LogP contribution in [0.3, 0.4) is 0 Å². The van der Waals surface area contributed by atoms with Crippen LogP contribution in [0.15, 0.2) is 54.7 Å². The van der Waals surface area contributed by atoms with Crippen molar-refractivity contribution >= 4 is 12.0 Å². The van der Waals surface area contributed by atoms with Gasteiger partial charge in [-0.2, -0.15) is 0 Å². The molecule has 136 valence electrons. The molecule has 0 unspecified atom stereocenters. The van der Waals surface area contributed by atoms with Crippen molar-refractivity contribution in [2.24, 2.45) is 0 Å². The second-order valence-corrected chi connectivity index (χ2v) is 6.37. The van der Waals surface area contributed by atoms with E-state index >= 15 is 0 Å². The Hall–Kier alpha value is -2.66. The van der Waals surface area contributed by atoms with Gasteiger partial charge in [0.25, 0.3) is 0 Å². The molecule has 0 bridgehead atoms. The molecule has 0 saturated carbocycles. The fourth-order valence-corrected chi connectivity index (χ4v) is 2.93. The normalized spacial score (nSPS) is 15.3. The highest BCUT2D eigenvalue weighted by Crippen LogP contribution is 2.10. The van der Waals surface area contributed by atoms with E-state index in [4.69, 9.17) is 4.74 Å². The SMILES string of the molecule is Cc1cccnc1/C=C/C(=O)N1CCN(CCOc2ccccc2)CC1. The molecule has 1 aliphatic heterocycles. The van der Waals surface area contributed by atoms with Crippen molar-refractivity contribution in [3.8, 4) is 5.75 Å². The fourth-order valence-electron chi connectivity index (χ4n) is 2.93. The number of aromatic nitrogens is 1. The second-order valence-electron chi connectivity index (χ2n) is 6.37. The Labute approximate surface area is 154 Å². The maximum Gasteiger partial charge on any atom is 0.246 e. The largest absolute Gasteiger partial charge is 0.492 e. The number of ether oxygens (including phenoxy) is 1. The minimum atomic E-state index is 0.0511. The Kier molecular flexibility index (Phi) is 6.39. The molecule has 3 rings (SSSR count). The summed E-state index contributed by atoms with van der Waals surface area (Å²) in [4.78, 5) is 20.9. The van der Waals surface area contributed by atoms with Crippen molar-refractivity contribution in [1.29, 1.82) is 0 Å². The van der Waals surface area contributed by atoms with Gasteiger partial charge in [0, 0.05) is 45.0 Å². The van der Waals surface area contributed by atoms with Crippen LogP contribution in [-0.2, 0) is 4.79 Å². The standard InChI is InChI=1S/C21H25N3O2/c1-18-6-5-11-22-20(18)9-10-21(25)24-14-12-23(13-15-24)16-17-26-19-7-3-2-4-8-19/h2-11H,12-17H2,1H3/b10-9+. The summed E-state index contributed by atoms with van der Waals surface area (Å²) >= 11 is 0. The molecular formula is C21H25N3O2. The molecule has 0 aliphatic carbocycles. The summed E-state index contributed by atoms with van der Waals surface area (Å²) in [5.74, 6) is 0.950. The third-order valence-electron chi connectivity index (χ3n) is 4.54. The molecule has 1 amide bonds. The number of hydrogen-bond donors (Lipinski definition) is 0. The Balaban J connectivity index is 1.40. The number of benzene rings is 1. The van der Waals surface area contributed by atoms with Crippen molar-refractivity contribution in [3.63, 3.8) is 0 Å². The van der Waals surface area contributed by atoms with Crippen molar-refractivity contribution in [2.75, 3.05) is 39.3 Å². The number of rotatable bonds is 6. The predicted molar refractivity (Wildman–Crippen MR) is 103 cm³/mol. The quantitative estimate of drug-likeness (QED) is 0.751. The predicted octanol–water partition coefficient (Wildman–Crippen LogP) is 2.63. The zero-order chi connectivity index (χ0) is 18.2. The Morgan fingerprint density at radius 1 is 1.12 bits per heavy atom. The third kappa shape index (κ3) is 5.17. The van der Waals surface area contributed by atoms with E-state index in [1.165, 1.54) is 0 Å². The van der Waals surface area contributed by atoms with Crippen LogP contribution in [0.5, 0.6) is 5.75 Å². The van der Waals surface area contributed by atoms with Crippen LogP contribution < -0.4 is 4.74 Å². The zero-order valence-corrected chi connectivity index (χ0v) is 15.2. The molecule has 0 spiro atoms. The topological polar surface area (TPSA) is 45.7 Å². The number of carbonyl (C=O) groups excluding carboxylic acids is 1. The number of amides is 1. The monoisotopic (exact) mass is 351 g/mol. The summed E-state index contributed by atoms with van der Waals surface area (Å²) in [5.41, 5.74) is 1.91. The van der Waals surface area contributed by atoms with Gasteiger partial charge in [0.2, 0.25) is 5.91 Å². The maximum absolute atomic E-state index is 12.4. The van der Waals surface area contributed by atoms with Gasteiger partial charge in [0.15, 0.2) is 0 Å². The van der Waals surface area contributed by atoms with Crippen molar-refractivity contribution in [3.05, 3.63) is 66.0 Å². The van der Waals surface area contributed by atoms with Gasteiger partial charge in [0.1, 0.15) is 12.4 Å². The summed E-state index contributed by atoms with van der Waals surface area (Å²) in [6, 6.07) is 13.7. The van der Waals surface area contributed by atoms with Gasteiger partial charge in [-0.05, 0) is 36.8 Å². The van der Waals surface area contributed by atoms with Crippen molar-refractivity contribution < 1.29 is 9.53 Å². The first kappa shape index (κ1) is 18.1. The molecule has 1 aromatic carbocycles. The number of carbonyl (C=O) groups is 1. The molecule has 1 fully saturated rings. The lowest BCUT2D eigenvalue weighted by atomic mass is 10.2. The highest BCUT2D eigenvalue weighted by molar-refractivity contribution is 5.91. The fraction of sp³-hybridized carbons (Fsp3) is 0.333. The number of aryl methyl sites for hydroxylation is 1. The van der Waals surface area contributed by atoms with Crippen molar-refractivity contribution in [2.45, 2.75) is 6.92 Å². The van der Waals surface area contributed by atoms with Crippen molar-refractivity contribution in [1.82, 2.24) is 14.8 Å². The van der Waals surface area contributed by atoms with E-state index in [1.807, 2.05) is 54.3 Å². The smallest absolute Gasteiger partial charge is 0.246 e. The first-order valence-corrected chi connectivity index (χ1v) is 9.01. The molecule has 1 saturated heterocycles. The van der Waals surface area contributed by atoms with Gasteiger partial charge in [-0.1, -0.05) is 24.3 Å². The molecule has 5 nitrogen and oxygen atoms in total. The lowest BCUT2D eigenvalue weighted by molar-refractivity contribution is -0.127. The van der Waals surface area contributed by atoms with Crippen LogP contribution in [0, 0.1) is 6.92 Å². The lowest BCUT2D eigenvalue weighted by Crippen LogP contribution is -2.49. The van der Waals surface area contributed by atoms with E-state index in [0.29, 0.717) is 6.61 Å². The van der Waals surface area contributed by atoms with Crippen LogP contribution in [0.2, 0.25) is 0 Å². The number of nitrogens with zero attached hydrogens (tertiary/aromatic N) is 3. The van der Waals surface area contributed by atoms with Crippen LogP contribution in [0.1, 0.15) is 11.3 Å². The maximum atomic E-state index is 12.4. The second kappa shape index (κ2) is 9.15. The number of hydrogen-bond acceptors (Lipinski definition) is 4. The summed E-state index contributed by atoms with van der Waals surface area (Å²) in [5, 5.41) is 0. The molecule has 1 aliphatic rings. The molecule has 26 heavy (non-hydrogen) atoms. The highest BCUT2D eigenvalue weighted by Gasteiger charge is 2.19. The average Bonchev–Trinajstić information content (AvgIpc) is 2.68. The summed E-state index contributed by atoms with van der Waals surface area (Å²) < 4.78 is 5.74. The molecule has 0 atom stereocenters. The van der Waals surface area contributed by atoms with E-state index in [0.717, 1.165) is 49.7 Å². The van der Waals surface area contributed by atoms with Gasteiger partial charge in [-0.15, -0.1) is 0 Å². The van der Waals surface area contributed by atoms with Crippen LogP contribution in [-0.4, -0.2) is 60.0 Å². The lowest BCUT2D eigenvalue weighted by Gasteiger charge is -2.34. The first-order chi connectivity index (χ1) is 12.7. The Morgan fingerprint density at radius 3 is 2.62 bits per heavy atom. The van der Waals surface area contributed by atoms with E-state index < -0.39 is 0 Å². The molecule has 1 aromatic heterocycles. The van der Waals surface area contributed by atoms with E-state index in [1.54, 1.807) is 18.3 Å². The minimum absolute atomic E-state index is 0.0511. The number of pyridine rings is 1. The van der Waals surface area contributed by atoms with E-state index in [2.05, 4.69) is 9.88 Å². The van der Waals surface area contributed by atoms with Crippen LogP contribution in [0.25, 0.3) is 6.08 Å². The van der Waals surface area contributed by atoms with Gasteiger partial charge in [-0.3, -0.25) is 14.7 Å². The Bertz CT molecular complexity index is 738. The van der Waals surface area contributed by atoms with Gasteiger partial charge in [0.05, 0.1) is 5.69 Å². The number of para-hydroxylation sites is 1. The van der Waals surface area contributed by atoms with Crippen LogP contribution in [0.4, 0.5) is 0 Å². The van der Waals surface area contributed by atoms with E-state index in [9.17, 15) is 4.79 Å². The molecule has 2 aromatic rings. The highest BCUT2D eigenvalue weighted by atomic mass is 16.5. The summed E-state index contributed by atoms with van der Waals surface area (Å²) in [7, 11) is 0. The molecule has 0 radical (unpaired) electrons. The van der Waals surface area contributed by atoms with Crippen LogP contribution >= 0.6 is 0 Å². The minimum Gasteiger partial charge on any atom is -0.492 e. The first-order valence-electron chi connectivity index (χ1n) is 9.01. The summed E-state index contributed by atoms with van der Waals surface area (Å²) in [6.07, 6.45) is 5.18. The molecule has 0 N–H and O–H groups in total. The average molecular weight is 351 g/mol. The van der Waals surface area contributed by atoms with Gasteiger partial charge in [-0.25, -0.2) is 0 Å². The van der Waals surface area contributed by atoms with Gasteiger partial charge >= 0.3 is 0 Å².